The van der Waals surface area contributed by atoms with E-state index in [4.69, 9.17) is 9.29 Å². The molecule has 0 heterocycles. The number of phenols is 1. The van der Waals surface area contributed by atoms with Crippen molar-refractivity contribution in [1.82, 2.24) is 0 Å². The molecular weight excluding hydrogens is 252 g/mol. The van der Waals surface area contributed by atoms with Gasteiger partial charge >= 0.3 is 10.1 Å². The SMILES string of the molecule is Cc1ccccc1S(=O)(=O)Oc1ccc(O)cc1. The van der Waals surface area contributed by atoms with Crippen molar-refractivity contribution in [2.24, 2.45) is 0 Å². The maximum absolute atomic E-state index is 12.0. The highest BCUT2D eigenvalue weighted by molar-refractivity contribution is 7.87. The Morgan fingerprint density at radius 3 is 2.22 bits per heavy atom. The molecule has 0 saturated heterocycles. The van der Waals surface area contributed by atoms with Crippen molar-refractivity contribution in [3.63, 3.8) is 0 Å². The van der Waals surface area contributed by atoms with Gasteiger partial charge in [0.15, 0.2) is 0 Å². The molecule has 0 amide bonds. The molecular formula is C13H12O4S. The minimum absolute atomic E-state index is 0.0515. The zero-order chi connectivity index (χ0) is 13.2. The molecule has 0 aliphatic carbocycles. The van der Waals surface area contributed by atoms with Crippen molar-refractivity contribution in [3.05, 3.63) is 54.1 Å². The Hall–Kier alpha value is -2.01. The fraction of sp³-hybridized carbons (Fsp3) is 0.0769. The Bertz CT molecular complexity index is 645. The van der Waals surface area contributed by atoms with Crippen molar-refractivity contribution in [1.29, 1.82) is 0 Å². The number of aryl methyl sites for hydroxylation is 1. The molecule has 94 valence electrons. The summed E-state index contributed by atoms with van der Waals surface area (Å²) in [5.74, 6) is 0.215. The van der Waals surface area contributed by atoms with Crippen LogP contribution in [0.4, 0.5) is 0 Å². The van der Waals surface area contributed by atoms with Crippen molar-refractivity contribution >= 4 is 10.1 Å². The van der Waals surface area contributed by atoms with Crippen LogP contribution in [0.1, 0.15) is 5.56 Å². The third-order valence-electron chi connectivity index (χ3n) is 2.41. The van der Waals surface area contributed by atoms with E-state index in [-0.39, 0.29) is 16.4 Å². The van der Waals surface area contributed by atoms with Crippen LogP contribution >= 0.6 is 0 Å². The van der Waals surface area contributed by atoms with Crippen LogP contribution in [0.15, 0.2) is 53.4 Å². The Kier molecular flexibility index (Phi) is 3.25. The van der Waals surface area contributed by atoms with E-state index in [1.165, 1.54) is 30.3 Å². The van der Waals surface area contributed by atoms with E-state index in [9.17, 15) is 8.42 Å². The molecule has 2 aromatic carbocycles. The lowest BCUT2D eigenvalue weighted by Crippen LogP contribution is -2.11. The van der Waals surface area contributed by atoms with Crippen LogP contribution in [-0.2, 0) is 10.1 Å². The average molecular weight is 264 g/mol. The molecule has 0 unspecified atom stereocenters. The van der Waals surface area contributed by atoms with Crippen molar-refractivity contribution in [2.45, 2.75) is 11.8 Å². The van der Waals surface area contributed by atoms with E-state index in [2.05, 4.69) is 0 Å². The van der Waals surface area contributed by atoms with Gasteiger partial charge in [0.1, 0.15) is 16.4 Å². The second-order valence-electron chi connectivity index (χ2n) is 3.80. The molecule has 0 aliphatic heterocycles. The summed E-state index contributed by atoms with van der Waals surface area (Å²) in [5, 5.41) is 9.11. The van der Waals surface area contributed by atoms with E-state index < -0.39 is 10.1 Å². The topological polar surface area (TPSA) is 63.6 Å². The summed E-state index contributed by atoms with van der Waals surface area (Å²) in [6, 6.07) is 12.1. The first-order chi connectivity index (χ1) is 8.49. The maximum atomic E-state index is 12.0. The Labute approximate surface area is 106 Å². The summed E-state index contributed by atoms with van der Waals surface area (Å²) in [6.07, 6.45) is 0. The zero-order valence-electron chi connectivity index (χ0n) is 9.70. The minimum atomic E-state index is -3.84. The van der Waals surface area contributed by atoms with Crippen LogP contribution in [0.3, 0.4) is 0 Å². The number of phenolic OH excluding ortho intramolecular Hbond substituents is 1. The summed E-state index contributed by atoms with van der Waals surface area (Å²) in [7, 11) is -3.84. The van der Waals surface area contributed by atoms with Crippen molar-refractivity contribution < 1.29 is 17.7 Å². The highest BCUT2D eigenvalue weighted by Crippen LogP contribution is 2.22. The lowest BCUT2D eigenvalue weighted by atomic mass is 10.2. The van der Waals surface area contributed by atoms with Crippen LogP contribution in [0.5, 0.6) is 11.5 Å². The predicted octanol–water partition coefficient (Wildman–Crippen LogP) is 2.47. The fourth-order valence-electron chi connectivity index (χ4n) is 1.51. The molecule has 1 N–H and O–H groups in total. The third kappa shape index (κ3) is 2.62. The van der Waals surface area contributed by atoms with E-state index in [1.54, 1.807) is 25.1 Å². The number of rotatable bonds is 3. The van der Waals surface area contributed by atoms with Gasteiger partial charge in [-0.25, -0.2) is 0 Å². The summed E-state index contributed by atoms with van der Waals surface area (Å²) in [5.41, 5.74) is 0.622. The predicted molar refractivity (Wildman–Crippen MR) is 67.1 cm³/mol. The summed E-state index contributed by atoms with van der Waals surface area (Å²) < 4.78 is 29.0. The molecule has 0 atom stereocenters. The van der Waals surface area contributed by atoms with Gasteiger partial charge in [0.25, 0.3) is 0 Å². The molecule has 0 fully saturated rings. The van der Waals surface area contributed by atoms with Gasteiger partial charge in [-0.15, -0.1) is 0 Å². The van der Waals surface area contributed by atoms with E-state index in [0.717, 1.165) is 0 Å². The number of aromatic hydroxyl groups is 1. The van der Waals surface area contributed by atoms with Crippen LogP contribution < -0.4 is 4.18 Å². The summed E-state index contributed by atoms with van der Waals surface area (Å²) in [4.78, 5) is 0.137. The monoisotopic (exact) mass is 264 g/mol. The van der Waals surface area contributed by atoms with Gasteiger partial charge in [-0.1, -0.05) is 18.2 Å². The van der Waals surface area contributed by atoms with Gasteiger partial charge in [-0.2, -0.15) is 8.42 Å². The molecule has 0 saturated carbocycles. The lowest BCUT2D eigenvalue weighted by Gasteiger charge is -2.08. The lowest BCUT2D eigenvalue weighted by molar-refractivity contribution is 0.468. The molecule has 18 heavy (non-hydrogen) atoms. The van der Waals surface area contributed by atoms with Crippen LogP contribution in [0, 0.1) is 6.92 Å². The first kappa shape index (κ1) is 12.4. The van der Waals surface area contributed by atoms with Crippen LogP contribution in [0.25, 0.3) is 0 Å². The highest BCUT2D eigenvalue weighted by atomic mass is 32.2. The number of benzene rings is 2. The molecule has 0 aromatic heterocycles. The van der Waals surface area contributed by atoms with Crippen molar-refractivity contribution in [3.8, 4) is 11.5 Å². The molecule has 4 nitrogen and oxygen atoms in total. The third-order valence-corrected chi connectivity index (χ3v) is 3.81. The quantitative estimate of drug-likeness (QED) is 0.865. The zero-order valence-corrected chi connectivity index (χ0v) is 10.5. The van der Waals surface area contributed by atoms with Gasteiger partial charge in [-0.05, 0) is 42.8 Å². The van der Waals surface area contributed by atoms with E-state index in [0.29, 0.717) is 5.56 Å². The van der Waals surface area contributed by atoms with Gasteiger partial charge in [0, 0.05) is 0 Å². The van der Waals surface area contributed by atoms with E-state index >= 15 is 0 Å². The van der Waals surface area contributed by atoms with E-state index in [1.807, 2.05) is 0 Å². The van der Waals surface area contributed by atoms with Gasteiger partial charge in [-0.3, -0.25) is 0 Å². The van der Waals surface area contributed by atoms with Gasteiger partial charge in [0.05, 0.1) is 0 Å². The maximum Gasteiger partial charge on any atom is 0.339 e. The number of hydrogen-bond acceptors (Lipinski definition) is 4. The second kappa shape index (κ2) is 4.70. The molecule has 2 aromatic rings. The molecule has 2 rings (SSSR count). The van der Waals surface area contributed by atoms with Crippen LogP contribution in [0.2, 0.25) is 0 Å². The van der Waals surface area contributed by atoms with Gasteiger partial charge < -0.3 is 9.29 Å². The summed E-state index contributed by atoms with van der Waals surface area (Å²) in [6.45, 7) is 1.70. The fourth-order valence-corrected chi connectivity index (χ4v) is 2.67. The smallest absolute Gasteiger partial charge is 0.339 e. The molecule has 5 heteroatoms. The molecule has 0 aliphatic rings. The standard InChI is InChI=1S/C13H12O4S/c1-10-4-2-3-5-13(10)18(15,16)17-12-8-6-11(14)7-9-12/h2-9,14H,1H3. The summed E-state index contributed by atoms with van der Waals surface area (Å²) >= 11 is 0. The number of hydrogen-bond donors (Lipinski definition) is 1. The van der Waals surface area contributed by atoms with Gasteiger partial charge in [0.2, 0.25) is 0 Å². The minimum Gasteiger partial charge on any atom is -0.508 e. The Morgan fingerprint density at radius 2 is 1.61 bits per heavy atom. The molecule has 0 bridgehead atoms. The highest BCUT2D eigenvalue weighted by Gasteiger charge is 2.18. The Morgan fingerprint density at radius 1 is 1.00 bits per heavy atom. The molecule has 0 spiro atoms. The largest absolute Gasteiger partial charge is 0.508 e. The first-order valence-electron chi connectivity index (χ1n) is 5.28. The molecule has 0 radical (unpaired) electrons. The Balaban J connectivity index is 2.33. The van der Waals surface area contributed by atoms with Crippen molar-refractivity contribution in [2.75, 3.05) is 0 Å². The average Bonchev–Trinajstić information content (AvgIpc) is 2.32. The van der Waals surface area contributed by atoms with Crippen LogP contribution in [-0.4, -0.2) is 13.5 Å². The second-order valence-corrected chi connectivity index (χ2v) is 5.31. The first-order valence-corrected chi connectivity index (χ1v) is 6.69. The normalized spacial score (nSPS) is 11.2.